The molecule has 0 unspecified atom stereocenters. The lowest BCUT2D eigenvalue weighted by molar-refractivity contribution is 0.426. The largest absolute Gasteiger partial charge is 0.488 e. The molecular formula is C11H15BO2. The SMILES string of the molecule is C1=CCCC1.OB(O)c1ccccc1. The Morgan fingerprint density at radius 2 is 1.50 bits per heavy atom. The maximum Gasteiger partial charge on any atom is 0.488 e. The van der Waals surface area contributed by atoms with Crippen molar-refractivity contribution in [3.63, 3.8) is 0 Å². The molecule has 1 aromatic rings. The van der Waals surface area contributed by atoms with E-state index in [-0.39, 0.29) is 0 Å². The van der Waals surface area contributed by atoms with Gasteiger partial charge in [0.15, 0.2) is 0 Å². The van der Waals surface area contributed by atoms with E-state index >= 15 is 0 Å². The lowest BCUT2D eigenvalue weighted by Crippen LogP contribution is -2.29. The molecule has 0 spiro atoms. The van der Waals surface area contributed by atoms with Gasteiger partial charge in [0.25, 0.3) is 0 Å². The monoisotopic (exact) mass is 190 g/mol. The molecule has 0 saturated heterocycles. The third-order valence-electron chi connectivity index (χ3n) is 2.01. The quantitative estimate of drug-likeness (QED) is 0.514. The fourth-order valence-electron chi connectivity index (χ4n) is 1.21. The summed E-state index contributed by atoms with van der Waals surface area (Å²) < 4.78 is 0. The van der Waals surface area contributed by atoms with Crippen molar-refractivity contribution in [2.45, 2.75) is 19.3 Å². The van der Waals surface area contributed by atoms with Gasteiger partial charge < -0.3 is 10.0 Å². The molecule has 0 amide bonds. The number of benzene rings is 1. The van der Waals surface area contributed by atoms with Crippen molar-refractivity contribution < 1.29 is 10.0 Å². The molecule has 0 radical (unpaired) electrons. The molecule has 0 bridgehead atoms. The summed E-state index contributed by atoms with van der Waals surface area (Å²) in [5.41, 5.74) is 0.525. The minimum Gasteiger partial charge on any atom is -0.423 e. The molecule has 14 heavy (non-hydrogen) atoms. The van der Waals surface area contributed by atoms with Crippen molar-refractivity contribution >= 4 is 12.6 Å². The fourth-order valence-corrected chi connectivity index (χ4v) is 1.21. The van der Waals surface area contributed by atoms with Crippen LogP contribution in [0.3, 0.4) is 0 Å². The van der Waals surface area contributed by atoms with Crippen LogP contribution in [-0.2, 0) is 0 Å². The summed E-state index contributed by atoms with van der Waals surface area (Å²) in [5.74, 6) is 0. The van der Waals surface area contributed by atoms with Crippen LogP contribution in [0.1, 0.15) is 19.3 Å². The van der Waals surface area contributed by atoms with Crippen LogP contribution < -0.4 is 5.46 Å². The number of hydrogen-bond acceptors (Lipinski definition) is 2. The second kappa shape index (κ2) is 6.41. The van der Waals surface area contributed by atoms with Gasteiger partial charge in [-0.1, -0.05) is 42.5 Å². The van der Waals surface area contributed by atoms with Crippen LogP contribution in [0.4, 0.5) is 0 Å². The summed E-state index contributed by atoms with van der Waals surface area (Å²) in [6, 6.07) is 8.66. The standard InChI is InChI=1S/C6H7BO2.C5H8/c8-7(9)6-4-2-1-3-5-6;1-2-4-5-3-1/h1-5,8-9H;1-2H,3-5H2. The molecule has 0 fully saturated rings. The van der Waals surface area contributed by atoms with Crippen molar-refractivity contribution in [1.82, 2.24) is 0 Å². The Hall–Kier alpha value is -1.06. The highest BCUT2D eigenvalue weighted by atomic mass is 16.4. The van der Waals surface area contributed by atoms with Gasteiger partial charge in [-0.15, -0.1) is 0 Å². The molecule has 0 heterocycles. The first-order valence-electron chi connectivity index (χ1n) is 4.87. The normalized spacial score (nSPS) is 13.3. The summed E-state index contributed by atoms with van der Waals surface area (Å²) in [6.07, 6.45) is 8.50. The van der Waals surface area contributed by atoms with E-state index in [0.717, 1.165) is 0 Å². The minimum absolute atomic E-state index is 0.525. The summed E-state index contributed by atoms with van der Waals surface area (Å²) in [6.45, 7) is 0. The van der Waals surface area contributed by atoms with E-state index in [9.17, 15) is 0 Å². The Bertz CT molecular complexity index is 264. The molecule has 3 heteroatoms. The zero-order valence-corrected chi connectivity index (χ0v) is 8.13. The van der Waals surface area contributed by atoms with Gasteiger partial charge in [-0.2, -0.15) is 0 Å². The van der Waals surface area contributed by atoms with Crippen LogP contribution in [0.15, 0.2) is 42.5 Å². The molecule has 74 valence electrons. The summed E-state index contributed by atoms with van der Waals surface area (Å²) in [4.78, 5) is 0. The first-order chi connectivity index (χ1) is 6.80. The zero-order valence-electron chi connectivity index (χ0n) is 8.13. The van der Waals surface area contributed by atoms with Crippen molar-refractivity contribution in [2.75, 3.05) is 0 Å². The van der Waals surface area contributed by atoms with Gasteiger partial charge in [-0.3, -0.25) is 0 Å². The number of rotatable bonds is 1. The third-order valence-corrected chi connectivity index (χ3v) is 2.01. The van der Waals surface area contributed by atoms with Crippen LogP contribution >= 0.6 is 0 Å². The Balaban J connectivity index is 0.000000165. The van der Waals surface area contributed by atoms with E-state index in [4.69, 9.17) is 10.0 Å². The van der Waals surface area contributed by atoms with E-state index in [1.807, 2.05) is 6.07 Å². The van der Waals surface area contributed by atoms with Gasteiger partial charge in [-0.25, -0.2) is 0 Å². The van der Waals surface area contributed by atoms with Gasteiger partial charge in [0.2, 0.25) is 0 Å². The molecule has 0 aromatic heterocycles. The Labute approximate surface area is 85.0 Å². The smallest absolute Gasteiger partial charge is 0.423 e. The molecule has 0 saturated carbocycles. The van der Waals surface area contributed by atoms with Gasteiger partial charge >= 0.3 is 7.12 Å². The molecule has 2 N–H and O–H groups in total. The molecule has 1 aliphatic rings. The molecule has 2 rings (SSSR count). The van der Waals surface area contributed by atoms with E-state index in [1.54, 1.807) is 24.3 Å². The average molecular weight is 190 g/mol. The van der Waals surface area contributed by atoms with Gasteiger partial charge in [-0.05, 0) is 24.7 Å². The molecule has 0 atom stereocenters. The highest BCUT2D eigenvalue weighted by molar-refractivity contribution is 6.58. The van der Waals surface area contributed by atoms with Crippen LogP contribution in [0.5, 0.6) is 0 Å². The zero-order chi connectivity index (χ0) is 10.2. The van der Waals surface area contributed by atoms with Crippen LogP contribution in [0, 0.1) is 0 Å². The first-order valence-corrected chi connectivity index (χ1v) is 4.87. The van der Waals surface area contributed by atoms with E-state index < -0.39 is 7.12 Å². The Morgan fingerprint density at radius 1 is 0.929 bits per heavy atom. The van der Waals surface area contributed by atoms with E-state index in [1.165, 1.54) is 19.3 Å². The highest BCUT2D eigenvalue weighted by Gasteiger charge is 2.07. The second-order valence-electron chi connectivity index (χ2n) is 3.19. The van der Waals surface area contributed by atoms with Gasteiger partial charge in [0.1, 0.15) is 0 Å². The summed E-state index contributed by atoms with van der Waals surface area (Å²) in [5, 5.41) is 17.2. The van der Waals surface area contributed by atoms with Gasteiger partial charge in [0.05, 0.1) is 0 Å². The fraction of sp³-hybridized carbons (Fsp3) is 0.273. The molecule has 2 nitrogen and oxygen atoms in total. The highest BCUT2D eigenvalue weighted by Crippen LogP contribution is 2.05. The Morgan fingerprint density at radius 3 is 1.79 bits per heavy atom. The first kappa shape index (κ1) is 11.0. The van der Waals surface area contributed by atoms with Crippen molar-refractivity contribution in [2.24, 2.45) is 0 Å². The topological polar surface area (TPSA) is 40.5 Å². The lowest BCUT2D eigenvalue weighted by Gasteiger charge is -1.94. The van der Waals surface area contributed by atoms with Crippen molar-refractivity contribution in [1.29, 1.82) is 0 Å². The second-order valence-corrected chi connectivity index (χ2v) is 3.19. The Kier molecular flexibility index (Phi) is 5.04. The predicted molar refractivity (Wildman–Crippen MR) is 59.3 cm³/mol. The van der Waals surface area contributed by atoms with Crippen LogP contribution in [0.2, 0.25) is 0 Å². The minimum atomic E-state index is -1.34. The lowest BCUT2D eigenvalue weighted by atomic mass is 9.81. The molecule has 1 aromatic carbocycles. The van der Waals surface area contributed by atoms with E-state index in [0.29, 0.717) is 5.46 Å². The van der Waals surface area contributed by atoms with E-state index in [2.05, 4.69) is 12.2 Å². The molecule has 1 aliphatic carbocycles. The maximum atomic E-state index is 8.58. The summed E-state index contributed by atoms with van der Waals surface area (Å²) >= 11 is 0. The van der Waals surface area contributed by atoms with Gasteiger partial charge in [0, 0.05) is 0 Å². The number of hydrogen-bond donors (Lipinski definition) is 2. The number of allylic oxidation sites excluding steroid dienone is 2. The van der Waals surface area contributed by atoms with Crippen molar-refractivity contribution in [3.05, 3.63) is 42.5 Å². The third kappa shape index (κ3) is 4.26. The average Bonchev–Trinajstić information content (AvgIpc) is 2.77. The van der Waals surface area contributed by atoms with Crippen molar-refractivity contribution in [3.8, 4) is 0 Å². The van der Waals surface area contributed by atoms with Crippen LogP contribution in [0.25, 0.3) is 0 Å². The molecule has 0 aliphatic heterocycles. The predicted octanol–water partition coefficient (Wildman–Crippen LogP) is 1.09. The molecular weight excluding hydrogens is 175 g/mol. The van der Waals surface area contributed by atoms with Crippen LogP contribution in [-0.4, -0.2) is 17.2 Å². The summed E-state index contributed by atoms with van der Waals surface area (Å²) in [7, 11) is -1.34. The maximum absolute atomic E-state index is 8.58.